The molecule has 7 heteroatoms. The van der Waals surface area contributed by atoms with Gasteiger partial charge >= 0.3 is 0 Å². The van der Waals surface area contributed by atoms with E-state index in [2.05, 4.69) is 9.97 Å². The van der Waals surface area contributed by atoms with Gasteiger partial charge in [-0.25, -0.2) is 14.4 Å². The van der Waals surface area contributed by atoms with Crippen molar-refractivity contribution in [2.75, 3.05) is 0 Å². The Morgan fingerprint density at radius 2 is 2.05 bits per heavy atom. The van der Waals surface area contributed by atoms with Gasteiger partial charge in [0.2, 0.25) is 5.89 Å². The fourth-order valence-corrected chi connectivity index (χ4v) is 2.55. The number of alkyl halides is 1. The lowest BCUT2D eigenvalue weighted by Crippen LogP contribution is -2.04. The first-order valence-electron chi connectivity index (χ1n) is 6.32. The summed E-state index contributed by atoms with van der Waals surface area (Å²) < 4.78 is 21.1. The number of oxazole rings is 1. The van der Waals surface area contributed by atoms with Gasteiger partial charge in [0.1, 0.15) is 23.9 Å². The zero-order chi connectivity index (χ0) is 15.1. The van der Waals surface area contributed by atoms with Crippen LogP contribution in [0.4, 0.5) is 4.39 Å². The van der Waals surface area contributed by atoms with Crippen LogP contribution in [0.2, 0.25) is 5.02 Å². The SMILES string of the molecule is Cc1nc(Cn2c(CCl)nc3cc(Cl)c(F)cc32)oc1C. The van der Waals surface area contributed by atoms with Gasteiger partial charge < -0.3 is 8.98 Å². The maximum absolute atomic E-state index is 13.7. The van der Waals surface area contributed by atoms with Crippen molar-refractivity contribution in [1.29, 1.82) is 0 Å². The van der Waals surface area contributed by atoms with Crippen LogP contribution in [0, 0.1) is 19.7 Å². The monoisotopic (exact) mass is 327 g/mol. The van der Waals surface area contributed by atoms with E-state index in [4.69, 9.17) is 27.6 Å². The third kappa shape index (κ3) is 2.51. The summed E-state index contributed by atoms with van der Waals surface area (Å²) in [5, 5.41) is 0.0380. The van der Waals surface area contributed by atoms with Crippen LogP contribution in [0.25, 0.3) is 11.0 Å². The van der Waals surface area contributed by atoms with Crippen LogP contribution in [-0.2, 0) is 12.4 Å². The molecule has 4 nitrogen and oxygen atoms in total. The van der Waals surface area contributed by atoms with E-state index in [9.17, 15) is 4.39 Å². The van der Waals surface area contributed by atoms with E-state index in [1.165, 1.54) is 12.1 Å². The van der Waals surface area contributed by atoms with Gasteiger partial charge in [-0.2, -0.15) is 0 Å². The summed E-state index contributed by atoms with van der Waals surface area (Å²) in [4.78, 5) is 8.70. The fraction of sp³-hybridized carbons (Fsp3) is 0.286. The van der Waals surface area contributed by atoms with Gasteiger partial charge in [0.25, 0.3) is 0 Å². The lowest BCUT2D eigenvalue weighted by Gasteiger charge is -2.05. The minimum absolute atomic E-state index is 0.0380. The smallest absolute Gasteiger partial charge is 0.214 e. The number of halogens is 3. The van der Waals surface area contributed by atoms with Crippen molar-refractivity contribution in [3.8, 4) is 0 Å². The van der Waals surface area contributed by atoms with Crippen molar-refractivity contribution in [2.24, 2.45) is 0 Å². The van der Waals surface area contributed by atoms with E-state index in [0.29, 0.717) is 29.3 Å². The van der Waals surface area contributed by atoms with E-state index in [-0.39, 0.29) is 10.9 Å². The summed E-state index contributed by atoms with van der Waals surface area (Å²) in [5.41, 5.74) is 2.04. The largest absolute Gasteiger partial charge is 0.444 e. The Kier molecular flexibility index (Phi) is 3.63. The summed E-state index contributed by atoms with van der Waals surface area (Å²) >= 11 is 11.7. The van der Waals surface area contributed by atoms with Gasteiger partial charge in [-0.15, -0.1) is 11.6 Å². The molecule has 0 spiro atoms. The molecule has 3 rings (SSSR count). The van der Waals surface area contributed by atoms with Gasteiger partial charge in [0, 0.05) is 6.07 Å². The van der Waals surface area contributed by atoms with E-state index in [1.807, 2.05) is 13.8 Å². The minimum atomic E-state index is -0.494. The summed E-state index contributed by atoms with van der Waals surface area (Å²) in [7, 11) is 0. The molecule has 0 unspecified atom stereocenters. The average Bonchev–Trinajstić information content (AvgIpc) is 2.92. The zero-order valence-corrected chi connectivity index (χ0v) is 13.0. The molecule has 0 aliphatic rings. The number of aryl methyl sites for hydroxylation is 2. The predicted molar refractivity (Wildman–Crippen MR) is 79.3 cm³/mol. The number of rotatable bonds is 3. The molecule has 1 aromatic carbocycles. The number of fused-ring (bicyclic) bond motifs is 1. The second-order valence-electron chi connectivity index (χ2n) is 4.75. The molecule has 0 atom stereocenters. The Hall–Kier alpha value is -1.59. The zero-order valence-electron chi connectivity index (χ0n) is 11.5. The van der Waals surface area contributed by atoms with Crippen molar-refractivity contribution >= 4 is 34.2 Å². The molecule has 0 amide bonds. The topological polar surface area (TPSA) is 43.9 Å². The first kappa shape index (κ1) is 14.4. The minimum Gasteiger partial charge on any atom is -0.444 e. The van der Waals surface area contributed by atoms with Crippen LogP contribution in [0.3, 0.4) is 0 Å². The lowest BCUT2D eigenvalue weighted by molar-refractivity contribution is 0.457. The molecule has 0 fully saturated rings. The Bertz CT molecular complexity index is 806. The molecular formula is C14H12Cl2FN3O. The maximum Gasteiger partial charge on any atom is 0.214 e. The number of benzene rings is 1. The van der Waals surface area contributed by atoms with E-state index in [1.54, 1.807) is 4.57 Å². The van der Waals surface area contributed by atoms with Gasteiger partial charge in [0.15, 0.2) is 0 Å². The predicted octanol–water partition coefficient (Wildman–Crippen LogP) is 4.22. The number of imidazole rings is 1. The highest BCUT2D eigenvalue weighted by Gasteiger charge is 2.15. The van der Waals surface area contributed by atoms with E-state index in [0.717, 1.165) is 11.5 Å². The van der Waals surface area contributed by atoms with Gasteiger partial charge in [-0.1, -0.05) is 11.6 Å². The van der Waals surface area contributed by atoms with Crippen molar-refractivity contribution in [1.82, 2.24) is 14.5 Å². The summed E-state index contributed by atoms with van der Waals surface area (Å²) in [6, 6.07) is 2.84. The van der Waals surface area contributed by atoms with E-state index >= 15 is 0 Å². The fourth-order valence-electron chi connectivity index (χ4n) is 2.19. The van der Waals surface area contributed by atoms with Crippen LogP contribution in [0.15, 0.2) is 16.5 Å². The second-order valence-corrected chi connectivity index (χ2v) is 5.43. The molecular weight excluding hydrogens is 316 g/mol. The highest BCUT2D eigenvalue weighted by atomic mass is 35.5. The molecule has 21 heavy (non-hydrogen) atoms. The standard InChI is InChI=1S/C14H12Cl2FN3O/c1-7-8(2)21-14(18-7)6-20-12-4-10(17)9(16)3-11(12)19-13(20)5-15/h3-4H,5-6H2,1-2H3. The molecule has 0 aliphatic heterocycles. The van der Waals surface area contributed by atoms with Gasteiger partial charge in [-0.3, -0.25) is 0 Å². The molecule has 2 heterocycles. The summed E-state index contributed by atoms with van der Waals surface area (Å²) in [5.74, 6) is 1.61. The van der Waals surface area contributed by atoms with Crippen LogP contribution in [-0.4, -0.2) is 14.5 Å². The van der Waals surface area contributed by atoms with Crippen molar-refractivity contribution in [2.45, 2.75) is 26.3 Å². The first-order valence-corrected chi connectivity index (χ1v) is 7.24. The molecule has 110 valence electrons. The number of hydrogen-bond donors (Lipinski definition) is 0. The molecule has 0 bridgehead atoms. The second kappa shape index (κ2) is 5.31. The first-order chi connectivity index (χ1) is 9.99. The Morgan fingerprint density at radius 3 is 2.67 bits per heavy atom. The Labute approximate surface area is 130 Å². The van der Waals surface area contributed by atoms with Crippen LogP contribution >= 0.6 is 23.2 Å². The normalized spacial score (nSPS) is 11.5. The van der Waals surface area contributed by atoms with Crippen LogP contribution in [0.1, 0.15) is 23.2 Å². The molecule has 0 saturated heterocycles. The molecule has 0 aliphatic carbocycles. The third-order valence-electron chi connectivity index (χ3n) is 3.36. The quantitative estimate of drug-likeness (QED) is 0.676. The molecule has 2 aromatic heterocycles. The summed E-state index contributed by atoms with van der Waals surface area (Å²) in [6.07, 6.45) is 0. The van der Waals surface area contributed by atoms with Crippen molar-refractivity contribution < 1.29 is 8.81 Å². The van der Waals surface area contributed by atoms with Crippen molar-refractivity contribution in [3.05, 3.63) is 46.1 Å². The maximum atomic E-state index is 13.7. The van der Waals surface area contributed by atoms with Crippen LogP contribution < -0.4 is 0 Å². The van der Waals surface area contributed by atoms with Crippen LogP contribution in [0.5, 0.6) is 0 Å². The van der Waals surface area contributed by atoms with Crippen molar-refractivity contribution in [3.63, 3.8) is 0 Å². The lowest BCUT2D eigenvalue weighted by atomic mass is 10.3. The van der Waals surface area contributed by atoms with Gasteiger partial charge in [-0.05, 0) is 19.9 Å². The Balaban J connectivity index is 2.13. The molecule has 0 saturated carbocycles. The summed E-state index contributed by atoms with van der Waals surface area (Å²) in [6.45, 7) is 4.06. The molecule has 0 N–H and O–H groups in total. The third-order valence-corrected chi connectivity index (χ3v) is 3.88. The number of hydrogen-bond acceptors (Lipinski definition) is 3. The number of aromatic nitrogens is 3. The highest BCUT2D eigenvalue weighted by molar-refractivity contribution is 6.31. The molecule has 3 aromatic rings. The average molecular weight is 328 g/mol. The van der Waals surface area contributed by atoms with E-state index < -0.39 is 5.82 Å². The Morgan fingerprint density at radius 1 is 1.29 bits per heavy atom. The number of nitrogens with zero attached hydrogens (tertiary/aromatic N) is 3. The van der Waals surface area contributed by atoms with Gasteiger partial charge in [0.05, 0.1) is 27.6 Å². The highest BCUT2D eigenvalue weighted by Crippen LogP contribution is 2.25. The molecule has 0 radical (unpaired) electrons.